The normalized spacial score (nSPS) is 30.1. The van der Waals surface area contributed by atoms with Gasteiger partial charge >= 0.3 is 5.97 Å². The molecule has 2 atom stereocenters. The molecule has 0 aliphatic carbocycles. The first kappa shape index (κ1) is 9.45. The van der Waals surface area contributed by atoms with Gasteiger partial charge in [0.25, 0.3) is 0 Å². The van der Waals surface area contributed by atoms with Crippen LogP contribution >= 0.6 is 0 Å². The SMILES string of the molecule is O=C(O)CC[C@@H]1COCC[C@H]1F. The van der Waals surface area contributed by atoms with Gasteiger partial charge in [0.15, 0.2) is 0 Å². The van der Waals surface area contributed by atoms with Crippen LogP contribution in [-0.4, -0.2) is 30.5 Å². The second-order valence-electron chi connectivity index (χ2n) is 3.07. The average Bonchev–Trinajstić information content (AvgIpc) is 2.03. The van der Waals surface area contributed by atoms with Crippen LogP contribution in [0.3, 0.4) is 0 Å². The van der Waals surface area contributed by atoms with E-state index in [0.29, 0.717) is 26.1 Å². The van der Waals surface area contributed by atoms with Crippen LogP contribution < -0.4 is 0 Å². The van der Waals surface area contributed by atoms with E-state index in [1.54, 1.807) is 0 Å². The molecule has 1 aliphatic heterocycles. The number of alkyl halides is 1. The minimum absolute atomic E-state index is 0.0362. The first-order valence-corrected chi connectivity index (χ1v) is 4.13. The number of rotatable bonds is 3. The number of halogens is 1. The molecule has 0 aromatic heterocycles. The first-order valence-electron chi connectivity index (χ1n) is 4.13. The maximum Gasteiger partial charge on any atom is 0.303 e. The molecule has 0 radical (unpaired) electrons. The maximum absolute atomic E-state index is 13.0. The highest BCUT2D eigenvalue weighted by molar-refractivity contribution is 5.66. The van der Waals surface area contributed by atoms with Crippen molar-refractivity contribution in [2.75, 3.05) is 13.2 Å². The molecule has 0 aromatic carbocycles. The molecule has 1 saturated heterocycles. The Morgan fingerprint density at radius 2 is 2.42 bits per heavy atom. The minimum atomic E-state index is -0.877. The molecule has 0 aromatic rings. The Labute approximate surface area is 70.5 Å². The Balaban J connectivity index is 2.24. The van der Waals surface area contributed by atoms with Crippen molar-refractivity contribution in [1.29, 1.82) is 0 Å². The van der Waals surface area contributed by atoms with Gasteiger partial charge in [-0.05, 0) is 6.42 Å². The summed E-state index contributed by atoms with van der Waals surface area (Å²) in [5, 5.41) is 8.37. The lowest BCUT2D eigenvalue weighted by Gasteiger charge is -2.25. The van der Waals surface area contributed by atoms with E-state index in [-0.39, 0.29) is 12.3 Å². The van der Waals surface area contributed by atoms with Gasteiger partial charge in [-0.15, -0.1) is 0 Å². The lowest BCUT2D eigenvalue weighted by molar-refractivity contribution is -0.137. The standard InChI is InChI=1S/C8H13FO3/c9-7-3-4-12-5-6(7)1-2-8(10)11/h6-7H,1-5H2,(H,10,11)/t6-,7-/m1/s1. The van der Waals surface area contributed by atoms with Crippen LogP contribution in [0.5, 0.6) is 0 Å². The van der Waals surface area contributed by atoms with E-state index in [0.717, 1.165) is 0 Å². The van der Waals surface area contributed by atoms with E-state index in [1.165, 1.54) is 0 Å². The summed E-state index contributed by atoms with van der Waals surface area (Å²) in [7, 11) is 0. The van der Waals surface area contributed by atoms with Crippen LogP contribution in [0.15, 0.2) is 0 Å². The van der Waals surface area contributed by atoms with Crippen LogP contribution in [0.2, 0.25) is 0 Å². The van der Waals surface area contributed by atoms with Crippen molar-refractivity contribution >= 4 is 5.97 Å². The van der Waals surface area contributed by atoms with E-state index >= 15 is 0 Å². The number of carboxylic acid groups (broad SMARTS) is 1. The van der Waals surface area contributed by atoms with Gasteiger partial charge in [0.2, 0.25) is 0 Å². The highest BCUT2D eigenvalue weighted by atomic mass is 19.1. The molecule has 3 nitrogen and oxygen atoms in total. The van der Waals surface area contributed by atoms with Gasteiger partial charge in [-0.2, -0.15) is 0 Å². The number of carboxylic acids is 1. The number of aliphatic carboxylic acids is 1. The van der Waals surface area contributed by atoms with E-state index < -0.39 is 12.1 Å². The fraction of sp³-hybridized carbons (Fsp3) is 0.875. The zero-order valence-corrected chi connectivity index (χ0v) is 6.83. The summed E-state index contributed by atoms with van der Waals surface area (Å²) < 4.78 is 18.1. The fourth-order valence-corrected chi connectivity index (χ4v) is 1.34. The Bertz CT molecular complexity index is 160. The molecular formula is C8H13FO3. The Kier molecular flexibility index (Phi) is 3.47. The molecule has 1 rings (SSSR count). The Hall–Kier alpha value is -0.640. The third-order valence-corrected chi connectivity index (χ3v) is 2.11. The highest BCUT2D eigenvalue weighted by Crippen LogP contribution is 2.22. The van der Waals surface area contributed by atoms with Crippen LogP contribution in [0.1, 0.15) is 19.3 Å². The number of hydrogen-bond donors (Lipinski definition) is 1. The number of hydrogen-bond acceptors (Lipinski definition) is 2. The van der Waals surface area contributed by atoms with Crippen molar-refractivity contribution in [3.05, 3.63) is 0 Å². The zero-order chi connectivity index (χ0) is 8.97. The summed E-state index contributed by atoms with van der Waals surface area (Å²) in [5.41, 5.74) is 0. The smallest absolute Gasteiger partial charge is 0.303 e. The summed E-state index contributed by atoms with van der Waals surface area (Å²) in [6.07, 6.45) is -0.0482. The molecule has 4 heteroatoms. The van der Waals surface area contributed by atoms with Gasteiger partial charge in [0.1, 0.15) is 6.17 Å². The van der Waals surface area contributed by atoms with Crippen molar-refractivity contribution in [2.24, 2.45) is 5.92 Å². The average molecular weight is 176 g/mol. The number of carbonyl (C=O) groups is 1. The Morgan fingerprint density at radius 1 is 1.67 bits per heavy atom. The second-order valence-corrected chi connectivity index (χ2v) is 3.07. The molecule has 70 valence electrons. The predicted octanol–water partition coefficient (Wildman–Crippen LogP) is 1.23. The van der Waals surface area contributed by atoms with Crippen molar-refractivity contribution in [3.63, 3.8) is 0 Å². The summed E-state index contributed by atoms with van der Waals surface area (Å²) in [6.45, 7) is 0.833. The molecule has 1 fully saturated rings. The lowest BCUT2D eigenvalue weighted by Crippen LogP contribution is -2.29. The molecule has 1 aliphatic rings. The summed E-state index contributed by atoms with van der Waals surface area (Å²) in [5.74, 6) is -1.08. The third kappa shape index (κ3) is 2.77. The van der Waals surface area contributed by atoms with Crippen LogP contribution in [0, 0.1) is 5.92 Å². The molecule has 12 heavy (non-hydrogen) atoms. The van der Waals surface area contributed by atoms with Crippen molar-refractivity contribution in [2.45, 2.75) is 25.4 Å². The second kappa shape index (κ2) is 4.40. The third-order valence-electron chi connectivity index (χ3n) is 2.11. The molecule has 0 amide bonds. The maximum atomic E-state index is 13.0. The van der Waals surface area contributed by atoms with Crippen LogP contribution in [-0.2, 0) is 9.53 Å². The molecule has 0 spiro atoms. The van der Waals surface area contributed by atoms with E-state index in [4.69, 9.17) is 9.84 Å². The van der Waals surface area contributed by atoms with Gasteiger partial charge in [0, 0.05) is 25.4 Å². The zero-order valence-electron chi connectivity index (χ0n) is 6.83. The quantitative estimate of drug-likeness (QED) is 0.703. The monoisotopic (exact) mass is 176 g/mol. The molecular weight excluding hydrogens is 163 g/mol. The van der Waals surface area contributed by atoms with E-state index in [1.807, 2.05) is 0 Å². The predicted molar refractivity (Wildman–Crippen MR) is 40.7 cm³/mol. The van der Waals surface area contributed by atoms with Crippen molar-refractivity contribution < 1.29 is 19.0 Å². The van der Waals surface area contributed by atoms with Crippen LogP contribution in [0.25, 0.3) is 0 Å². The summed E-state index contributed by atoms with van der Waals surface area (Å²) >= 11 is 0. The van der Waals surface area contributed by atoms with Gasteiger partial charge < -0.3 is 9.84 Å². The molecule has 1 N–H and O–H groups in total. The minimum Gasteiger partial charge on any atom is -0.481 e. The van der Waals surface area contributed by atoms with Gasteiger partial charge in [-0.3, -0.25) is 4.79 Å². The highest BCUT2D eigenvalue weighted by Gasteiger charge is 2.25. The topological polar surface area (TPSA) is 46.5 Å². The van der Waals surface area contributed by atoms with Gasteiger partial charge in [-0.1, -0.05) is 0 Å². The molecule has 0 bridgehead atoms. The van der Waals surface area contributed by atoms with Crippen molar-refractivity contribution in [1.82, 2.24) is 0 Å². The first-order chi connectivity index (χ1) is 5.70. The van der Waals surface area contributed by atoms with E-state index in [2.05, 4.69) is 0 Å². The largest absolute Gasteiger partial charge is 0.481 e. The number of ether oxygens (including phenoxy) is 1. The summed E-state index contributed by atoms with van der Waals surface area (Å²) in [4.78, 5) is 10.2. The lowest BCUT2D eigenvalue weighted by atomic mass is 9.95. The molecule has 0 saturated carbocycles. The fourth-order valence-electron chi connectivity index (χ4n) is 1.34. The Morgan fingerprint density at radius 3 is 3.00 bits per heavy atom. The van der Waals surface area contributed by atoms with Crippen LogP contribution in [0.4, 0.5) is 4.39 Å². The summed E-state index contributed by atoms with van der Waals surface area (Å²) in [6, 6.07) is 0. The van der Waals surface area contributed by atoms with E-state index in [9.17, 15) is 9.18 Å². The molecule has 0 unspecified atom stereocenters. The van der Waals surface area contributed by atoms with Crippen molar-refractivity contribution in [3.8, 4) is 0 Å². The van der Waals surface area contributed by atoms with Gasteiger partial charge in [0.05, 0.1) is 6.61 Å². The molecule has 1 heterocycles. The van der Waals surface area contributed by atoms with Gasteiger partial charge in [-0.25, -0.2) is 4.39 Å².